The summed E-state index contributed by atoms with van der Waals surface area (Å²) in [5.41, 5.74) is 17.8. The van der Waals surface area contributed by atoms with Gasteiger partial charge < -0.3 is 20.5 Å². The first-order valence-corrected chi connectivity index (χ1v) is 14.1. The Kier molecular flexibility index (Phi) is 8.51. The molecule has 206 valence electrons. The summed E-state index contributed by atoms with van der Waals surface area (Å²) >= 11 is 0. The van der Waals surface area contributed by atoms with Crippen molar-refractivity contribution < 1.29 is 14.3 Å². The predicted molar refractivity (Wildman–Crippen MR) is 162 cm³/mol. The summed E-state index contributed by atoms with van der Waals surface area (Å²) in [6, 6.07) is 26.4. The average molecular weight is 535 g/mol. The first-order chi connectivity index (χ1) is 19.4. The maximum atomic E-state index is 12.1. The fraction of sp³-hybridized carbons (Fsp3) is 0.286. The van der Waals surface area contributed by atoms with Crippen molar-refractivity contribution in [2.75, 3.05) is 25.1 Å². The van der Waals surface area contributed by atoms with Crippen LogP contribution in [0.2, 0.25) is 0 Å². The van der Waals surface area contributed by atoms with E-state index < -0.39 is 0 Å². The predicted octanol–water partition coefficient (Wildman–Crippen LogP) is 7.12. The number of carbonyl (C=O) groups excluding carboxylic acids is 1. The monoisotopic (exact) mass is 534 g/mol. The summed E-state index contributed by atoms with van der Waals surface area (Å²) in [5, 5.41) is 3.64. The van der Waals surface area contributed by atoms with Gasteiger partial charge in [0.25, 0.3) is 0 Å². The quantitative estimate of drug-likeness (QED) is 0.167. The molecule has 1 aliphatic rings. The van der Waals surface area contributed by atoms with Gasteiger partial charge in [-0.05, 0) is 127 Å². The molecule has 0 aromatic heterocycles. The van der Waals surface area contributed by atoms with Crippen LogP contribution in [-0.4, -0.2) is 25.7 Å². The lowest BCUT2D eigenvalue weighted by molar-refractivity contribution is 0.0450. The van der Waals surface area contributed by atoms with Crippen LogP contribution in [0, 0.1) is 20.8 Å². The van der Waals surface area contributed by atoms with E-state index in [0.29, 0.717) is 18.1 Å². The molecule has 3 N–H and O–H groups in total. The second-order valence-electron chi connectivity index (χ2n) is 10.6. The number of aryl methyl sites for hydroxylation is 3. The Labute approximate surface area is 237 Å². The molecule has 5 nitrogen and oxygen atoms in total. The maximum Gasteiger partial charge on any atom is 0.338 e. The minimum atomic E-state index is -0.340. The van der Waals surface area contributed by atoms with Gasteiger partial charge in [-0.3, -0.25) is 0 Å². The van der Waals surface area contributed by atoms with Crippen molar-refractivity contribution in [1.82, 2.24) is 0 Å². The molecule has 1 aliphatic carbocycles. The van der Waals surface area contributed by atoms with E-state index >= 15 is 0 Å². The second kappa shape index (κ2) is 12.4. The summed E-state index contributed by atoms with van der Waals surface area (Å²) in [7, 11) is 0. The highest BCUT2D eigenvalue weighted by Gasteiger charge is 2.21. The molecular weight excluding hydrogens is 496 g/mol. The van der Waals surface area contributed by atoms with Gasteiger partial charge in [0.05, 0.1) is 5.56 Å². The zero-order valence-electron chi connectivity index (χ0n) is 23.6. The van der Waals surface area contributed by atoms with Crippen molar-refractivity contribution in [2.24, 2.45) is 5.73 Å². The number of nitrogens with two attached hydrogens (primary N) is 1. The van der Waals surface area contributed by atoms with Gasteiger partial charge in [-0.25, -0.2) is 4.79 Å². The number of fused-ring (bicyclic) bond motifs is 1. The van der Waals surface area contributed by atoms with Crippen LogP contribution in [0.4, 0.5) is 5.69 Å². The van der Waals surface area contributed by atoms with Crippen LogP contribution in [0.15, 0.2) is 78.9 Å². The Hall–Kier alpha value is -4.09. The van der Waals surface area contributed by atoms with Crippen molar-refractivity contribution in [3.63, 3.8) is 0 Å². The standard InChI is InChI=1S/C35H38N2O3/c1-23-18-31(39-16-17-40-35(38)26-8-5-4-6-9-26)19-24(2)34(23)32-11-7-10-29(25(32)3)22-37-30-14-15-33-27(20-30)12-13-28(33)21-36/h4-11,14-15,18-20,28,37H,12-13,16-17,21-22,36H2,1-3H3. The van der Waals surface area contributed by atoms with E-state index in [2.05, 4.69) is 74.6 Å². The van der Waals surface area contributed by atoms with Gasteiger partial charge in [0.2, 0.25) is 0 Å². The number of anilines is 1. The topological polar surface area (TPSA) is 73.6 Å². The summed E-state index contributed by atoms with van der Waals surface area (Å²) in [5.74, 6) is 0.940. The van der Waals surface area contributed by atoms with Crippen LogP contribution in [-0.2, 0) is 17.7 Å². The zero-order valence-corrected chi connectivity index (χ0v) is 23.6. The van der Waals surface area contributed by atoms with Gasteiger partial charge >= 0.3 is 5.97 Å². The van der Waals surface area contributed by atoms with Crippen LogP contribution in [0.1, 0.15) is 56.1 Å². The van der Waals surface area contributed by atoms with E-state index in [1.807, 2.05) is 18.2 Å². The molecule has 0 radical (unpaired) electrons. The largest absolute Gasteiger partial charge is 0.490 e. The number of nitrogens with one attached hydrogen (secondary N) is 1. The first kappa shape index (κ1) is 27.5. The SMILES string of the molecule is Cc1cc(OCCOC(=O)c2ccccc2)cc(C)c1-c1cccc(CNc2ccc3c(c2)CCC3CN)c1C. The Morgan fingerprint density at radius 3 is 2.45 bits per heavy atom. The lowest BCUT2D eigenvalue weighted by Gasteiger charge is -2.18. The van der Waals surface area contributed by atoms with Crippen LogP contribution in [0.25, 0.3) is 11.1 Å². The lowest BCUT2D eigenvalue weighted by atomic mass is 9.90. The smallest absolute Gasteiger partial charge is 0.338 e. The Balaban J connectivity index is 1.23. The molecule has 0 aliphatic heterocycles. The fourth-order valence-corrected chi connectivity index (χ4v) is 5.79. The summed E-state index contributed by atoms with van der Waals surface area (Å²) < 4.78 is 11.3. The van der Waals surface area contributed by atoms with Gasteiger partial charge in [0.1, 0.15) is 19.0 Å². The van der Waals surface area contributed by atoms with E-state index in [1.54, 1.807) is 12.1 Å². The van der Waals surface area contributed by atoms with Crippen LogP contribution >= 0.6 is 0 Å². The van der Waals surface area contributed by atoms with Gasteiger partial charge in [-0.1, -0.05) is 42.5 Å². The van der Waals surface area contributed by atoms with Gasteiger partial charge in [-0.15, -0.1) is 0 Å². The van der Waals surface area contributed by atoms with E-state index in [9.17, 15) is 4.79 Å². The minimum Gasteiger partial charge on any atom is -0.490 e. The normalized spacial score (nSPS) is 14.1. The van der Waals surface area contributed by atoms with Crippen molar-refractivity contribution in [1.29, 1.82) is 0 Å². The second-order valence-corrected chi connectivity index (χ2v) is 10.6. The molecule has 1 unspecified atom stereocenters. The molecule has 0 saturated carbocycles. The number of rotatable bonds is 10. The highest BCUT2D eigenvalue weighted by atomic mass is 16.6. The molecular formula is C35H38N2O3. The minimum absolute atomic E-state index is 0.194. The zero-order chi connectivity index (χ0) is 28.1. The average Bonchev–Trinajstić information content (AvgIpc) is 3.38. The number of carbonyl (C=O) groups is 1. The van der Waals surface area contributed by atoms with Crippen molar-refractivity contribution in [2.45, 2.75) is 46.1 Å². The molecule has 0 fully saturated rings. The molecule has 5 rings (SSSR count). The molecule has 0 heterocycles. The van der Waals surface area contributed by atoms with Crippen LogP contribution in [0.3, 0.4) is 0 Å². The first-order valence-electron chi connectivity index (χ1n) is 14.1. The van der Waals surface area contributed by atoms with Crippen LogP contribution in [0.5, 0.6) is 5.75 Å². The number of benzene rings is 4. The fourth-order valence-electron chi connectivity index (χ4n) is 5.79. The third-order valence-corrected chi connectivity index (χ3v) is 7.93. The third-order valence-electron chi connectivity index (χ3n) is 7.93. The van der Waals surface area contributed by atoms with E-state index in [1.165, 1.54) is 33.4 Å². The van der Waals surface area contributed by atoms with Crippen molar-refractivity contribution >= 4 is 11.7 Å². The van der Waals surface area contributed by atoms with Gasteiger partial charge in [-0.2, -0.15) is 0 Å². The summed E-state index contributed by atoms with van der Waals surface area (Å²) in [6.45, 7) is 8.42. The summed E-state index contributed by atoms with van der Waals surface area (Å²) in [6.07, 6.45) is 2.26. The molecule has 0 spiro atoms. The van der Waals surface area contributed by atoms with Gasteiger partial charge in [0, 0.05) is 12.2 Å². The number of hydrogen-bond donors (Lipinski definition) is 2. The van der Waals surface area contributed by atoms with Crippen molar-refractivity contribution in [3.05, 3.63) is 118 Å². The number of ether oxygens (including phenoxy) is 2. The Bertz CT molecular complexity index is 1470. The van der Waals surface area contributed by atoms with E-state index in [4.69, 9.17) is 15.2 Å². The highest BCUT2D eigenvalue weighted by molar-refractivity contribution is 5.89. The molecule has 0 saturated heterocycles. The molecule has 4 aromatic carbocycles. The van der Waals surface area contributed by atoms with E-state index in [0.717, 1.165) is 48.5 Å². The molecule has 5 heteroatoms. The molecule has 40 heavy (non-hydrogen) atoms. The number of esters is 1. The molecule has 0 amide bonds. The third kappa shape index (κ3) is 6.05. The molecule has 0 bridgehead atoms. The molecule has 4 aromatic rings. The van der Waals surface area contributed by atoms with Crippen LogP contribution < -0.4 is 15.8 Å². The van der Waals surface area contributed by atoms with Crippen molar-refractivity contribution in [3.8, 4) is 16.9 Å². The Morgan fingerprint density at radius 2 is 1.70 bits per heavy atom. The highest BCUT2D eigenvalue weighted by Crippen LogP contribution is 2.36. The lowest BCUT2D eigenvalue weighted by Crippen LogP contribution is -2.12. The summed E-state index contributed by atoms with van der Waals surface area (Å²) in [4.78, 5) is 12.1. The molecule has 1 atom stereocenters. The van der Waals surface area contributed by atoms with Gasteiger partial charge in [0.15, 0.2) is 0 Å². The van der Waals surface area contributed by atoms with E-state index in [-0.39, 0.29) is 12.6 Å². The Morgan fingerprint density at radius 1 is 0.925 bits per heavy atom. The number of hydrogen-bond acceptors (Lipinski definition) is 5. The maximum absolute atomic E-state index is 12.1.